The van der Waals surface area contributed by atoms with Crippen molar-refractivity contribution in [3.63, 3.8) is 0 Å². The van der Waals surface area contributed by atoms with Crippen molar-refractivity contribution in [2.24, 2.45) is 0 Å². The summed E-state index contributed by atoms with van der Waals surface area (Å²) in [6, 6.07) is 5.32. The fourth-order valence-electron chi connectivity index (χ4n) is 1.57. The van der Waals surface area contributed by atoms with Crippen LogP contribution in [0.15, 0.2) is 34.7 Å². The van der Waals surface area contributed by atoms with Gasteiger partial charge in [0.25, 0.3) is 15.7 Å². The lowest BCUT2D eigenvalue weighted by Crippen LogP contribution is -2.22. The average Bonchev–Trinajstić information content (AvgIpc) is 2.95. The van der Waals surface area contributed by atoms with Crippen LogP contribution in [0.3, 0.4) is 0 Å². The van der Waals surface area contributed by atoms with Gasteiger partial charge in [-0.1, -0.05) is 11.3 Å². The maximum absolute atomic E-state index is 12.5. The number of carbonyl (C=O) groups is 2. The number of alkyl halides is 3. The molecular weight excluding hydrogens is 385 g/mol. The van der Waals surface area contributed by atoms with Gasteiger partial charge in [0.05, 0.1) is 6.20 Å². The molecule has 0 bridgehead atoms. The number of rotatable bonds is 4. The molecule has 25 heavy (non-hydrogen) atoms. The number of sulfone groups is 1. The van der Waals surface area contributed by atoms with Gasteiger partial charge >= 0.3 is 11.5 Å². The second-order valence-corrected chi connectivity index (χ2v) is 7.70. The maximum atomic E-state index is 12.5. The summed E-state index contributed by atoms with van der Waals surface area (Å²) in [7, 11) is -5.52. The second-order valence-electron chi connectivity index (χ2n) is 4.51. The van der Waals surface area contributed by atoms with E-state index in [1.807, 2.05) is 0 Å². The first-order chi connectivity index (χ1) is 11.5. The number of ether oxygens (including phenoxy) is 1. The van der Waals surface area contributed by atoms with E-state index in [1.54, 1.807) is 0 Å². The zero-order chi connectivity index (χ0) is 18.8. The van der Waals surface area contributed by atoms with Crippen LogP contribution in [0.4, 0.5) is 18.3 Å². The summed E-state index contributed by atoms with van der Waals surface area (Å²) >= 11 is 0.181. The highest BCUT2D eigenvalue weighted by Gasteiger charge is 2.48. The van der Waals surface area contributed by atoms with Crippen molar-refractivity contribution in [2.75, 3.05) is 5.32 Å². The third-order valence-electron chi connectivity index (χ3n) is 2.65. The Balaban J connectivity index is 2.13. The van der Waals surface area contributed by atoms with Gasteiger partial charge in [-0.05, 0) is 24.3 Å². The monoisotopic (exact) mass is 394 g/mol. The first-order valence-corrected chi connectivity index (χ1v) is 8.67. The molecule has 1 aromatic carbocycles. The van der Waals surface area contributed by atoms with Gasteiger partial charge in [0.15, 0.2) is 9.34 Å². The smallest absolute Gasteiger partial charge is 0.427 e. The molecule has 0 saturated heterocycles. The number of thiazole rings is 1. The molecule has 0 atom stereocenters. The minimum atomic E-state index is -5.52. The summed E-state index contributed by atoms with van der Waals surface area (Å²) < 4.78 is 63.6. The Morgan fingerprint density at radius 3 is 2.32 bits per heavy atom. The van der Waals surface area contributed by atoms with Gasteiger partial charge in [0, 0.05) is 12.5 Å². The summed E-state index contributed by atoms with van der Waals surface area (Å²) in [6.45, 7) is 1.20. The van der Waals surface area contributed by atoms with Gasteiger partial charge < -0.3 is 4.74 Å². The summed E-state index contributed by atoms with van der Waals surface area (Å²) in [4.78, 5) is 26.2. The standard InChI is InChI=1S/C13H9F3N2O5S2/c1-7(19)23-9-4-2-8(3-5-9)11(20)18-12-17-6-10(24-12)25(21,22)13(14,15)16/h2-6H,1H3,(H,17,18,20). The molecule has 1 heterocycles. The summed E-state index contributed by atoms with van der Waals surface area (Å²) in [5, 5.41) is 1.88. The third kappa shape index (κ3) is 4.33. The fraction of sp³-hybridized carbons (Fsp3) is 0.154. The van der Waals surface area contributed by atoms with Gasteiger partial charge in [0.2, 0.25) is 0 Å². The molecule has 0 aliphatic heterocycles. The molecule has 0 fully saturated rings. The quantitative estimate of drug-likeness (QED) is 0.632. The molecule has 1 N–H and O–H groups in total. The molecule has 134 valence electrons. The van der Waals surface area contributed by atoms with E-state index in [0.29, 0.717) is 6.20 Å². The molecule has 0 aliphatic carbocycles. The van der Waals surface area contributed by atoms with E-state index < -0.39 is 31.4 Å². The predicted molar refractivity (Wildman–Crippen MR) is 81.1 cm³/mol. The molecular formula is C13H9F3N2O5S2. The van der Waals surface area contributed by atoms with Crippen molar-refractivity contribution in [2.45, 2.75) is 16.6 Å². The number of halogens is 3. The fourth-order valence-corrected chi connectivity index (χ4v) is 3.49. The van der Waals surface area contributed by atoms with Gasteiger partial charge in [-0.25, -0.2) is 13.4 Å². The van der Waals surface area contributed by atoms with E-state index >= 15 is 0 Å². The van der Waals surface area contributed by atoms with Crippen LogP contribution in [-0.2, 0) is 14.6 Å². The SMILES string of the molecule is CC(=O)Oc1ccc(C(=O)Nc2ncc(S(=O)(=O)C(F)(F)F)s2)cc1. The molecule has 0 spiro atoms. The number of benzene rings is 1. The van der Waals surface area contributed by atoms with Gasteiger partial charge in [-0.15, -0.1) is 0 Å². The minimum Gasteiger partial charge on any atom is -0.427 e. The van der Waals surface area contributed by atoms with Crippen LogP contribution in [-0.4, -0.2) is 30.8 Å². The van der Waals surface area contributed by atoms with Crippen LogP contribution >= 0.6 is 11.3 Å². The Morgan fingerprint density at radius 2 is 1.80 bits per heavy atom. The van der Waals surface area contributed by atoms with E-state index in [2.05, 4.69) is 10.3 Å². The molecule has 0 aliphatic rings. The van der Waals surface area contributed by atoms with Crippen LogP contribution < -0.4 is 10.1 Å². The topological polar surface area (TPSA) is 102 Å². The number of aromatic nitrogens is 1. The molecule has 0 saturated carbocycles. The number of esters is 1. The average molecular weight is 394 g/mol. The Labute approximate surface area is 143 Å². The highest BCUT2D eigenvalue weighted by atomic mass is 32.2. The van der Waals surface area contributed by atoms with Crippen molar-refractivity contribution in [3.8, 4) is 5.75 Å². The van der Waals surface area contributed by atoms with Crippen molar-refractivity contribution in [1.29, 1.82) is 0 Å². The van der Waals surface area contributed by atoms with Gasteiger partial charge in [0.1, 0.15) is 5.75 Å². The lowest BCUT2D eigenvalue weighted by Gasteiger charge is -2.05. The number of nitrogens with one attached hydrogen (secondary N) is 1. The normalized spacial score (nSPS) is 11.8. The highest BCUT2D eigenvalue weighted by Crippen LogP contribution is 2.34. The Kier molecular flexibility index (Phi) is 5.13. The van der Waals surface area contributed by atoms with E-state index in [9.17, 15) is 31.2 Å². The molecule has 1 amide bonds. The van der Waals surface area contributed by atoms with E-state index in [4.69, 9.17) is 4.74 Å². The molecule has 12 heteroatoms. The van der Waals surface area contributed by atoms with Crippen LogP contribution in [0.25, 0.3) is 0 Å². The van der Waals surface area contributed by atoms with Crippen LogP contribution in [0.2, 0.25) is 0 Å². The first-order valence-electron chi connectivity index (χ1n) is 6.38. The lowest BCUT2D eigenvalue weighted by molar-refractivity contribution is -0.131. The predicted octanol–water partition coefficient (Wildman–Crippen LogP) is 2.61. The van der Waals surface area contributed by atoms with Crippen LogP contribution in [0.1, 0.15) is 17.3 Å². The number of hydrogen-bond acceptors (Lipinski definition) is 7. The minimum absolute atomic E-state index is 0.103. The second kappa shape index (κ2) is 6.80. The first kappa shape index (κ1) is 18.9. The Morgan fingerprint density at radius 1 is 1.20 bits per heavy atom. The number of hydrogen-bond donors (Lipinski definition) is 1. The summed E-state index contributed by atoms with van der Waals surface area (Å²) in [6.07, 6.45) is 0.521. The number of amides is 1. The van der Waals surface area contributed by atoms with Crippen molar-refractivity contribution in [3.05, 3.63) is 36.0 Å². The number of carbonyl (C=O) groups excluding carboxylic acids is 2. The number of nitrogens with zero attached hydrogens (tertiary/aromatic N) is 1. The lowest BCUT2D eigenvalue weighted by atomic mass is 10.2. The van der Waals surface area contributed by atoms with Gasteiger partial charge in [-0.2, -0.15) is 13.2 Å². The molecule has 0 unspecified atom stereocenters. The largest absolute Gasteiger partial charge is 0.502 e. The Bertz CT molecular complexity index is 904. The third-order valence-corrected chi connectivity index (χ3v) is 5.51. The molecule has 0 radical (unpaired) electrons. The van der Waals surface area contributed by atoms with E-state index in [-0.39, 0.29) is 27.8 Å². The zero-order valence-corrected chi connectivity index (χ0v) is 14.0. The van der Waals surface area contributed by atoms with Crippen LogP contribution in [0.5, 0.6) is 5.75 Å². The molecule has 1 aromatic heterocycles. The van der Waals surface area contributed by atoms with Gasteiger partial charge in [-0.3, -0.25) is 14.9 Å². The maximum Gasteiger partial charge on any atom is 0.502 e. The Hall–Kier alpha value is -2.47. The zero-order valence-electron chi connectivity index (χ0n) is 12.3. The van der Waals surface area contributed by atoms with Crippen molar-refractivity contribution < 1.29 is 35.9 Å². The summed E-state index contributed by atoms with van der Waals surface area (Å²) in [5.41, 5.74) is -5.35. The molecule has 7 nitrogen and oxygen atoms in total. The van der Waals surface area contributed by atoms with E-state index in [1.165, 1.54) is 31.2 Å². The van der Waals surface area contributed by atoms with E-state index in [0.717, 1.165) is 0 Å². The molecule has 2 aromatic rings. The van der Waals surface area contributed by atoms with Crippen molar-refractivity contribution >= 4 is 38.2 Å². The molecule has 2 rings (SSSR count). The highest BCUT2D eigenvalue weighted by molar-refractivity contribution is 7.94. The number of anilines is 1. The van der Waals surface area contributed by atoms with Crippen molar-refractivity contribution in [1.82, 2.24) is 4.98 Å². The summed E-state index contributed by atoms with van der Waals surface area (Å²) in [5.74, 6) is -1.06. The van der Waals surface area contributed by atoms with Crippen LogP contribution in [0, 0.1) is 0 Å².